The molecule has 0 aliphatic rings. The molecule has 1 atom stereocenters. The van der Waals surface area contributed by atoms with Gasteiger partial charge in [-0.05, 0) is 30.2 Å². The predicted molar refractivity (Wildman–Crippen MR) is 100 cm³/mol. The zero-order valence-electron chi connectivity index (χ0n) is 15.4. The van der Waals surface area contributed by atoms with Crippen molar-refractivity contribution in [1.82, 2.24) is 14.5 Å². The van der Waals surface area contributed by atoms with Gasteiger partial charge in [0.15, 0.2) is 0 Å². The number of hydrogen-bond acceptors (Lipinski definition) is 4. The molecule has 0 unspecified atom stereocenters. The van der Waals surface area contributed by atoms with Crippen LogP contribution >= 0.6 is 0 Å². The van der Waals surface area contributed by atoms with Gasteiger partial charge in [-0.15, -0.1) is 0 Å². The first-order chi connectivity index (χ1) is 12.4. The van der Waals surface area contributed by atoms with E-state index in [2.05, 4.69) is 5.32 Å². The number of amides is 1. The quantitative estimate of drug-likeness (QED) is 0.792. The van der Waals surface area contributed by atoms with Gasteiger partial charge in [0.2, 0.25) is 5.91 Å². The molecule has 0 saturated carbocycles. The van der Waals surface area contributed by atoms with Gasteiger partial charge in [-0.3, -0.25) is 14.2 Å². The number of carbonyl (C=O) groups excluding carboxylic acids is 1. The summed E-state index contributed by atoms with van der Waals surface area (Å²) >= 11 is 0. The van der Waals surface area contributed by atoms with Crippen LogP contribution in [0.3, 0.4) is 0 Å². The molecule has 2 rings (SSSR count). The van der Waals surface area contributed by atoms with E-state index < -0.39 is 11.2 Å². The number of hydrogen-bond donors (Lipinski definition) is 1. The number of ether oxygens (including phenoxy) is 1. The molecular weight excluding hydrogens is 334 g/mol. The average molecular weight is 357 g/mol. The van der Waals surface area contributed by atoms with Gasteiger partial charge in [0, 0.05) is 26.4 Å². The van der Waals surface area contributed by atoms with Gasteiger partial charge >= 0.3 is 5.69 Å². The van der Waals surface area contributed by atoms with E-state index in [4.69, 9.17) is 4.74 Å². The molecule has 1 aromatic carbocycles. The molecule has 0 radical (unpaired) electrons. The highest BCUT2D eigenvalue weighted by Crippen LogP contribution is 2.20. The molecule has 1 aromatic heterocycles. The first-order valence-electron chi connectivity index (χ1n) is 8.26. The Kier molecular flexibility index (Phi) is 6.16. The van der Waals surface area contributed by atoms with Gasteiger partial charge in [0.1, 0.15) is 5.75 Å². The molecule has 0 aliphatic carbocycles. The van der Waals surface area contributed by atoms with E-state index in [0.717, 1.165) is 15.9 Å². The standard InChI is InChI=1S/C19H23N3O4/c1-5-16(13-6-9-15(26-4)10-7-13)20-17(23)11-8-14-12-21(2)19(25)22(3)18(14)24/h6-12,16H,5H2,1-4H3,(H,20,23)/b11-8-/t16-/m0/s1. The molecule has 1 amide bonds. The van der Waals surface area contributed by atoms with Crippen LogP contribution in [0.4, 0.5) is 0 Å². The summed E-state index contributed by atoms with van der Waals surface area (Å²) in [6.45, 7) is 1.97. The number of nitrogens with one attached hydrogen (secondary N) is 1. The first kappa shape index (κ1) is 19.2. The van der Waals surface area contributed by atoms with Crippen molar-refractivity contribution >= 4 is 12.0 Å². The van der Waals surface area contributed by atoms with E-state index in [1.807, 2.05) is 31.2 Å². The van der Waals surface area contributed by atoms with Gasteiger partial charge in [0.05, 0.1) is 18.7 Å². The van der Waals surface area contributed by atoms with Gasteiger partial charge in [-0.25, -0.2) is 4.79 Å². The van der Waals surface area contributed by atoms with E-state index in [-0.39, 0.29) is 17.5 Å². The second-order valence-electron chi connectivity index (χ2n) is 5.92. The third kappa shape index (κ3) is 4.30. The minimum atomic E-state index is -0.445. The largest absolute Gasteiger partial charge is 0.497 e. The fraction of sp³-hybridized carbons (Fsp3) is 0.316. The summed E-state index contributed by atoms with van der Waals surface area (Å²) in [4.78, 5) is 36.0. The number of aromatic nitrogens is 2. The SMILES string of the molecule is CC[C@H](NC(=O)/C=C\c1cn(C)c(=O)n(C)c1=O)c1ccc(OC)cc1. The molecule has 26 heavy (non-hydrogen) atoms. The molecule has 1 heterocycles. The number of aryl methyl sites for hydroxylation is 1. The topological polar surface area (TPSA) is 82.3 Å². The molecule has 0 spiro atoms. The Morgan fingerprint density at radius 3 is 2.46 bits per heavy atom. The van der Waals surface area contributed by atoms with E-state index in [9.17, 15) is 14.4 Å². The van der Waals surface area contributed by atoms with Gasteiger partial charge in [-0.1, -0.05) is 19.1 Å². The Morgan fingerprint density at radius 2 is 1.88 bits per heavy atom. The predicted octanol–water partition coefficient (Wildman–Crippen LogP) is 1.37. The van der Waals surface area contributed by atoms with Crippen LogP contribution in [-0.2, 0) is 18.9 Å². The van der Waals surface area contributed by atoms with Gasteiger partial charge < -0.3 is 14.6 Å². The van der Waals surface area contributed by atoms with Crippen molar-refractivity contribution in [2.45, 2.75) is 19.4 Å². The van der Waals surface area contributed by atoms with Crippen LogP contribution in [0.15, 0.2) is 46.1 Å². The molecule has 0 aliphatic heterocycles. The summed E-state index contributed by atoms with van der Waals surface area (Å²) < 4.78 is 7.44. The number of nitrogens with zero attached hydrogens (tertiary/aromatic N) is 2. The second-order valence-corrected chi connectivity index (χ2v) is 5.92. The summed E-state index contributed by atoms with van der Waals surface area (Å²) in [5.74, 6) is 0.434. The Hall–Kier alpha value is -3.09. The summed E-state index contributed by atoms with van der Waals surface area (Å²) in [5, 5.41) is 2.91. The summed E-state index contributed by atoms with van der Waals surface area (Å²) in [5.41, 5.74) is 0.372. The molecular formula is C19H23N3O4. The van der Waals surface area contributed by atoms with E-state index in [0.29, 0.717) is 6.42 Å². The highest BCUT2D eigenvalue weighted by atomic mass is 16.5. The van der Waals surface area contributed by atoms with E-state index in [1.165, 1.54) is 30.0 Å². The zero-order valence-corrected chi connectivity index (χ0v) is 15.4. The lowest BCUT2D eigenvalue weighted by atomic mass is 10.0. The van der Waals surface area contributed by atoms with Crippen molar-refractivity contribution in [3.8, 4) is 5.75 Å². The summed E-state index contributed by atoms with van der Waals surface area (Å²) in [7, 11) is 4.55. The third-order valence-electron chi connectivity index (χ3n) is 4.13. The Balaban J connectivity index is 2.15. The van der Waals surface area contributed by atoms with Crippen LogP contribution in [0.2, 0.25) is 0 Å². The van der Waals surface area contributed by atoms with Crippen LogP contribution in [0.1, 0.15) is 30.5 Å². The fourth-order valence-electron chi connectivity index (χ4n) is 2.59. The molecule has 1 N–H and O–H groups in total. The Morgan fingerprint density at radius 1 is 1.23 bits per heavy atom. The zero-order chi connectivity index (χ0) is 19.3. The van der Waals surface area contributed by atoms with Crippen molar-refractivity contribution in [2.24, 2.45) is 14.1 Å². The van der Waals surface area contributed by atoms with Crippen LogP contribution in [0.25, 0.3) is 6.08 Å². The number of methoxy groups -OCH3 is 1. The van der Waals surface area contributed by atoms with Crippen LogP contribution in [0.5, 0.6) is 5.75 Å². The second kappa shape index (κ2) is 8.33. The van der Waals surface area contributed by atoms with E-state index >= 15 is 0 Å². The van der Waals surface area contributed by atoms with E-state index in [1.54, 1.807) is 14.2 Å². The number of rotatable bonds is 6. The van der Waals surface area contributed by atoms with Gasteiger partial charge in [0.25, 0.3) is 5.56 Å². The molecule has 0 fully saturated rings. The lowest BCUT2D eigenvalue weighted by Gasteiger charge is -2.16. The lowest BCUT2D eigenvalue weighted by Crippen LogP contribution is -2.37. The smallest absolute Gasteiger partial charge is 0.330 e. The maximum absolute atomic E-state index is 12.2. The minimum Gasteiger partial charge on any atom is -0.497 e. The summed E-state index contributed by atoms with van der Waals surface area (Å²) in [6, 6.07) is 7.34. The highest BCUT2D eigenvalue weighted by Gasteiger charge is 2.11. The average Bonchev–Trinajstić information content (AvgIpc) is 2.66. The fourth-order valence-corrected chi connectivity index (χ4v) is 2.59. The number of benzene rings is 1. The maximum Gasteiger partial charge on any atom is 0.330 e. The van der Waals surface area contributed by atoms with Crippen molar-refractivity contribution in [3.05, 3.63) is 68.5 Å². The normalized spacial score (nSPS) is 12.2. The van der Waals surface area contributed by atoms with Crippen molar-refractivity contribution in [2.75, 3.05) is 7.11 Å². The van der Waals surface area contributed by atoms with Gasteiger partial charge in [-0.2, -0.15) is 0 Å². The molecule has 138 valence electrons. The molecule has 0 saturated heterocycles. The lowest BCUT2D eigenvalue weighted by molar-refractivity contribution is -0.117. The number of carbonyl (C=O) groups is 1. The molecule has 0 bridgehead atoms. The molecule has 7 nitrogen and oxygen atoms in total. The maximum atomic E-state index is 12.2. The summed E-state index contributed by atoms with van der Waals surface area (Å²) in [6.07, 6.45) is 4.84. The first-order valence-corrected chi connectivity index (χ1v) is 8.26. The minimum absolute atomic E-state index is 0.152. The third-order valence-corrected chi connectivity index (χ3v) is 4.13. The van der Waals surface area contributed by atoms with Crippen LogP contribution in [-0.4, -0.2) is 22.2 Å². The Labute approximate surface area is 151 Å². The van der Waals surface area contributed by atoms with Crippen molar-refractivity contribution < 1.29 is 9.53 Å². The monoisotopic (exact) mass is 357 g/mol. The highest BCUT2D eigenvalue weighted by molar-refractivity contribution is 5.91. The molecule has 7 heteroatoms. The van der Waals surface area contributed by atoms with Crippen molar-refractivity contribution in [3.63, 3.8) is 0 Å². The van der Waals surface area contributed by atoms with Crippen LogP contribution in [0, 0.1) is 0 Å². The molecule has 2 aromatic rings. The van der Waals surface area contributed by atoms with Crippen LogP contribution < -0.4 is 21.3 Å². The Bertz CT molecular complexity index is 923. The van der Waals surface area contributed by atoms with Crippen molar-refractivity contribution in [1.29, 1.82) is 0 Å².